The molecule has 138 valence electrons. The molecule has 0 saturated carbocycles. The quantitative estimate of drug-likeness (QED) is 0.485. The fourth-order valence-electron chi connectivity index (χ4n) is 2.59. The molecule has 0 fully saturated rings. The number of ether oxygens (including phenoxy) is 1. The van der Waals surface area contributed by atoms with Crippen LogP contribution in [0.15, 0.2) is 84.4 Å². The predicted molar refractivity (Wildman–Crippen MR) is 111 cm³/mol. The molecule has 0 atom stereocenters. The Balaban J connectivity index is 1.70. The van der Waals surface area contributed by atoms with Crippen molar-refractivity contribution in [1.29, 1.82) is 5.26 Å². The molecule has 28 heavy (non-hydrogen) atoms. The number of benzene rings is 3. The molecule has 3 aromatic carbocycles. The van der Waals surface area contributed by atoms with Gasteiger partial charge < -0.3 is 10.1 Å². The molecule has 0 unspecified atom stereocenters. The van der Waals surface area contributed by atoms with Crippen molar-refractivity contribution in [1.82, 2.24) is 0 Å². The fourth-order valence-corrected chi connectivity index (χ4v) is 2.59. The van der Waals surface area contributed by atoms with E-state index in [-0.39, 0.29) is 5.57 Å². The van der Waals surface area contributed by atoms with Gasteiger partial charge in [0.2, 0.25) is 0 Å². The predicted octanol–water partition coefficient (Wildman–Crippen LogP) is 5.12. The fraction of sp³-hybridized carbons (Fsp3) is 0.0833. The summed E-state index contributed by atoms with van der Waals surface area (Å²) in [7, 11) is 0. The Morgan fingerprint density at radius 1 is 1.04 bits per heavy atom. The SMILES string of the molecule is Cc1ccc(NC(=O)/C(C#N)=C\c2cccc(OCc3ccccc3)c2)cc1. The summed E-state index contributed by atoms with van der Waals surface area (Å²) in [6.07, 6.45) is 1.55. The van der Waals surface area contributed by atoms with Gasteiger partial charge in [0.05, 0.1) is 0 Å². The molecule has 4 heteroatoms. The molecule has 0 saturated heterocycles. The second kappa shape index (κ2) is 9.20. The van der Waals surface area contributed by atoms with Crippen molar-refractivity contribution >= 4 is 17.7 Å². The smallest absolute Gasteiger partial charge is 0.266 e. The molecule has 0 aliphatic heterocycles. The monoisotopic (exact) mass is 368 g/mol. The van der Waals surface area contributed by atoms with Crippen LogP contribution < -0.4 is 10.1 Å². The molecule has 3 aromatic rings. The average Bonchev–Trinajstić information content (AvgIpc) is 2.73. The third-order valence-corrected chi connectivity index (χ3v) is 4.09. The molecule has 0 radical (unpaired) electrons. The number of nitriles is 1. The van der Waals surface area contributed by atoms with Gasteiger partial charge in [0.1, 0.15) is 24.0 Å². The van der Waals surface area contributed by atoms with E-state index in [1.54, 1.807) is 24.3 Å². The van der Waals surface area contributed by atoms with Crippen LogP contribution in [0.5, 0.6) is 5.75 Å². The number of aryl methyl sites for hydroxylation is 1. The maximum atomic E-state index is 12.4. The van der Waals surface area contributed by atoms with E-state index in [2.05, 4.69) is 5.32 Å². The highest BCUT2D eigenvalue weighted by Gasteiger charge is 2.10. The molecule has 1 amide bonds. The Hall–Kier alpha value is -3.84. The first-order valence-electron chi connectivity index (χ1n) is 8.90. The number of anilines is 1. The Morgan fingerprint density at radius 3 is 2.50 bits per heavy atom. The molecule has 4 nitrogen and oxygen atoms in total. The highest BCUT2D eigenvalue weighted by Crippen LogP contribution is 2.18. The number of hydrogen-bond donors (Lipinski definition) is 1. The van der Waals surface area contributed by atoms with E-state index < -0.39 is 5.91 Å². The second-order valence-electron chi connectivity index (χ2n) is 6.34. The number of nitrogens with zero attached hydrogens (tertiary/aromatic N) is 1. The maximum absolute atomic E-state index is 12.4. The van der Waals surface area contributed by atoms with Crippen LogP contribution in [0.2, 0.25) is 0 Å². The lowest BCUT2D eigenvalue weighted by Gasteiger charge is -2.07. The highest BCUT2D eigenvalue weighted by molar-refractivity contribution is 6.09. The van der Waals surface area contributed by atoms with E-state index in [1.165, 1.54) is 0 Å². The van der Waals surface area contributed by atoms with Crippen LogP contribution in [0.25, 0.3) is 6.08 Å². The lowest BCUT2D eigenvalue weighted by molar-refractivity contribution is -0.112. The Bertz CT molecular complexity index is 1020. The van der Waals surface area contributed by atoms with Gasteiger partial charge in [-0.05, 0) is 48.4 Å². The second-order valence-corrected chi connectivity index (χ2v) is 6.34. The van der Waals surface area contributed by atoms with Gasteiger partial charge in [-0.1, -0.05) is 60.2 Å². The summed E-state index contributed by atoms with van der Waals surface area (Å²) in [5, 5.41) is 12.1. The summed E-state index contributed by atoms with van der Waals surface area (Å²) >= 11 is 0. The van der Waals surface area contributed by atoms with E-state index in [0.29, 0.717) is 18.0 Å². The summed E-state index contributed by atoms with van der Waals surface area (Å²) in [6.45, 7) is 2.42. The zero-order valence-electron chi connectivity index (χ0n) is 15.6. The van der Waals surface area contributed by atoms with Crippen molar-refractivity contribution in [3.63, 3.8) is 0 Å². The number of carbonyl (C=O) groups is 1. The minimum absolute atomic E-state index is 0.0285. The summed E-state index contributed by atoms with van der Waals surface area (Å²) in [5.74, 6) is 0.232. The van der Waals surface area contributed by atoms with Crippen LogP contribution in [0.4, 0.5) is 5.69 Å². The molecule has 0 aliphatic rings. The van der Waals surface area contributed by atoms with E-state index in [4.69, 9.17) is 4.74 Å². The van der Waals surface area contributed by atoms with Gasteiger partial charge in [-0.2, -0.15) is 5.26 Å². The number of hydrogen-bond acceptors (Lipinski definition) is 3. The van der Waals surface area contributed by atoms with Crippen molar-refractivity contribution in [3.8, 4) is 11.8 Å². The van der Waals surface area contributed by atoms with Crippen LogP contribution in [0, 0.1) is 18.3 Å². The molecule has 0 aromatic heterocycles. The van der Waals surface area contributed by atoms with E-state index in [0.717, 1.165) is 16.7 Å². The number of rotatable bonds is 6. The van der Waals surface area contributed by atoms with Gasteiger partial charge in [0, 0.05) is 5.69 Å². The lowest BCUT2D eigenvalue weighted by atomic mass is 10.1. The van der Waals surface area contributed by atoms with Crippen molar-refractivity contribution in [2.75, 3.05) is 5.32 Å². The highest BCUT2D eigenvalue weighted by atomic mass is 16.5. The first kappa shape index (κ1) is 18.9. The van der Waals surface area contributed by atoms with E-state index in [1.807, 2.05) is 73.7 Å². The van der Waals surface area contributed by atoms with Crippen molar-refractivity contribution in [3.05, 3.63) is 101 Å². The van der Waals surface area contributed by atoms with Crippen LogP contribution >= 0.6 is 0 Å². The van der Waals surface area contributed by atoms with Crippen LogP contribution in [0.3, 0.4) is 0 Å². The third kappa shape index (κ3) is 5.33. The molecule has 3 rings (SSSR count). The van der Waals surface area contributed by atoms with Crippen LogP contribution in [-0.2, 0) is 11.4 Å². The molecule has 1 N–H and O–H groups in total. The first-order valence-corrected chi connectivity index (χ1v) is 8.90. The molecule has 0 heterocycles. The van der Waals surface area contributed by atoms with Crippen LogP contribution in [0.1, 0.15) is 16.7 Å². The van der Waals surface area contributed by atoms with Gasteiger partial charge in [0.25, 0.3) is 5.91 Å². The number of carbonyl (C=O) groups excluding carboxylic acids is 1. The van der Waals surface area contributed by atoms with Gasteiger partial charge in [-0.15, -0.1) is 0 Å². The Kier molecular flexibility index (Phi) is 6.22. The topological polar surface area (TPSA) is 62.1 Å². The lowest BCUT2D eigenvalue weighted by Crippen LogP contribution is -2.13. The maximum Gasteiger partial charge on any atom is 0.266 e. The minimum atomic E-state index is -0.443. The summed E-state index contributed by atoms with van der Waals surface area (Å²) < 4.78 is 5.80. The minimum Gasteiger partial charge on any atom is -0.489 e. The summed E-state index contributed by atoms with van der Waals surface area (Å²) in [6, 6.07) is 26.6. The molecular formula is C24H20N2O2. The van der Waals surface area contributed by atoms with Gasteiger partial charge >= 0.3 is 0 Å². The molecular weight excluding hydrogens is 348 g/mol. The number of amides is 1. The third-order valence-electron chi connectivity index (χ3n) is 4.09. The number of nitrogens with one attached hydrogen (secondary N) is 1. The molecule has 0 bridgehead atoms. The van der Waals surface area contributed by atoms with Gasteiger partial charge in [-0.3, -0.25) is 4.79 Å². The molecule has 0 aliphatic carbocycles. The van der Waals surface area contributed by atoms with Gasteiger partial charge in [-0.25, -0.2) is 0 Å². The van der Waals surface area contributed by atoms with E-state index in [9.17, 15) is 10.1 Å². The normalized spacial score (nSPS) is 10.8. The van der Waals surface area contributed by atoms with E-state index >= 15 is 0 Å². The first-order chi connectivity index (χ1) is 13.6. The zero-order chi connectivity index (χ0) is 19.8. The largest absolute Gasteiger partial charge is 0.489 e. The van der Waals surface area contributed by atoms with Crippen molar-refractivity contribution in [2.24, 2.45) is 0 Å². The Morgan fingerprint density at radius 2 is 1.79 bits per heavy atom. The standard InChI is InChI=1S/C24H20N2O2/c1-18-10-12-22(13-11-18)26-24(27)21(16-25)14-20-8-5-9-23(15-20)28-17-19-6-3-2-4-7-19/h2-15H,17H2,1H3,(H,26,27)/b21-14-. The van der Waals surface area contributed by atoms with Crippen molar-refractivity contribution in [2.45, 2.75) is 13.5 Å². The van der Waals surface area contributed by atoms with Gasteiger partial charge in [0.15, 0.2) is 0 Å². The zero-order valence-corrected chi connectivity index (χ0v) is 15.6. The summed E-state index contributed by atoms with van der Waals surface area (Å²) in [5.41, 5.74) is 3.57. The average molecular weight is 368 g/mol. The van der Waals surface area contributed by atoms with Crippen molar-refractivity contribution < 1.29 is 9.53 Å². The van der Waals surface area contributed by atoms with Crippen LogP contribution in [-0.4, -0.2) is 5.91 Å². The Labute approximate surface area is 164 Å². The molecule has 0 spiro atoms. The summed E-state index contributed by atoms with van der Waals surface area (Å²) in [4.78, 5) is 12.4.